The maximum absolute atomic E-state index is 11.6. The summed E-state index contributed by atoms with van der Waals surface area (Å²) in [5.74, 6) is 1.00. The Morgan fingerprint density at radius 2 is 2.15 bits per heavy atom. The molecule has 0 bridgehead atoms. The van der Waals surface area contributed by atoms with Crippen molar-refractivity contribution in [1.82, 2.24) is 15.5 Å². The summed E-state index contributed by atoms with van der Waals surface area (Å²) in [6.07, 6.45) is 1.82. The zero-order valence-electron chi connectivity index (χ0n) is 12.8. The van der Waals surface area contributed by atoms with Crippen LogP contribution in [0.2, 0.25) is 0 Å². The average molecular weight is 283 g/mol. The van der Waals surface area contributed by atoms with Crippen molar-refractivity contribution in [2.24, 2.45) is 0 Å². The van der Waals surface area contributed by atoms with E-state index in [4.69, 9.17) is 4.52 Å². The largest absolute Gasteiger partial charge is 0.391 e. The Morgan fingerprint density at radius 1 is 1.45 bits per heavy atom. The summed E-state index contributed by atoms with van der Waals surface area (Å²) in [5.41, 5.74) is -0.158. The van der Waals surface area contributed by atoms with Crippen molar-refractivity contribution in [3.63, 3.8) is 0 Å². The Labute approximate surface area is 120 Å². The van der Waals surface area contributed by atoms with Crippen LogP contribution in [-0.4, -0.2) is 33.8 Å². The number of hydrogen-bond acceptors (Lipinski definition) is 5. The molecule has 0 aromatic carbocycles. The quantitative estimate of drug-likeness (QED) is 0.793. The SMILES string of the molecule is CCCC(O)CNC(=O)CCc1nc(C(C)(C)C)no1. The van der Waals surface area contributed by atoms with Crippen LogP contribution >= 0.6 is 0 Å². The first-order valence-electron chi connectivity index (χ1n) is 7.10. The number of nitrogens with zero attached hydrogens (tertiary/aromatic N) is 2. The minimum Gasteiger partial charge on any atom is -0.391 e. The van der Waals surface area contributed by atoms with Gasteiger partial charge in [0.25, 0.3) is 0 Å². The number of hydrogen-bond donors (Lipinski definition) is 2. The molecule has 1 unspecified atom stereocenters. The molecule has 0 saturated heterocycles. The van der Waals surface area contributed by atoms with Crippen molar-refractivity contribution in [3.05, 3.63) is 11.7 Å². The number of aryl methyl sites for hydroxylation is 1. The monoisotopic (exact) mass is 283 g/mol. The summed E-state index contributed by atoms with van der Waals surface area (Å²) in [4.78, 5) is 15.9. The van der Waals surface area contributed by atoms with Crippen LogP contribution < -0.4 is 5.32 Å². The van der Waals surface area contributed by atoms with E-state index in [0.717, 1.165) is 6.42 Å². The Hall–Kier alpha value is -1.43. The lowest BCUT2D eigenvalue weighted by molar-refractivity contribution is -0.121. The van der Waals surface area contributed by atoms with Crippen LogP contribution in [0.4, 0.5) is 0 Å². The van der Waals surface area contributed by atoms with Crippen LogP contribution in [0.25, 0.3) is 0 Å². The van der Waals surface area contributed by atoms with E-state index >= 15 is 0 Å². The molecule has 0 fully saturated rings. The average Bonchev–Trinajstić information content (AvgIpc) is 2.83. The van der Waals surface area contributed by atoms with Gasteiger partial charge in [0.1, 0.15) is 0 Å². The highest BCUT2D eigenvalue weighted by atomic mass is 16.5. The van der Waals surface area contributed by atoms with Crippen molar-refractivity contribution in [3.8, 4) is 0 Å². The number of carbonyl (C=O) groups excluding carboxylic acids is 1. The summed E-state index contributed by atoms with van der Waals surface area (Å²) in [6.45, 7) is 8.30. The van der Waals surface area contributed by atoms with Gasteiger partial charge in [-0.2, -0.15) is 4.98 Å². The molecule has 1 atom stereocenters. The second-order valence-corrected chi connectivity index (χ2v) is 6.01. The molecule has 0 aliphatic heterocycles. The third kappa shape index (κ3) is 5.69. The lowest BCUT2D eigenvalue weighted by Crippen LogP contribution is -2.32. The van der Waals surface area contributed by atoms with Crippen molar-refractivity contribution in [2.45, 2.75) is 64.9 Å². The molecule has 1 rings (SSSR count). The number of aromatic nitrogens is 2. The molecule has 1 aromatic heterocycles. The van der Waals surface area contributed by atoms with Gasteiger partial charge >= 0.3 is 0 Å². The van der Waals surface area contributed by atoms with E-state index in [1.165, 1.54) is 0 Å². The highest BCUT2D eigenvalue weighted by Crippen LogP contribution is 2.18. The van der Waals surface area contributed by atoms with Crippen LogP contribution in [0.5, 0.6) is 0 Å². The second-order valence-electron chi connectivity index (χ2n) is 6.01. The van der Waals surface area contributed by atoms with Crippen molar-refractivity contribution >= 4 is 5.91 Å². The molecular weight excluding hydrogens is 258 g/mol. The molecule has 0 spiro atoms. The summed E-state index contributed by atoms with van der Waals surface area (Å²) >= 11 is 0. The van der Waals surface area contributed by atoms with Gasteiger partial charge < -0.3 is 14.9 Å². The summed E-state index contributed by atoms with van der Waals surface area (Å²) < 4.78 is 5.12. The van der Waals surface area contributed by atoms with Gasteiger partial charge in [0.05, 0.1) is 6.10 Å². The van der Waals surface area contributed by atoms with Crippen LogP contribution in [0, 0.1) is 0 Å². The summed E-state index contributed by atoms with van der Waals surface area (Å²) in [5, 5.41) is 16.1. The zero-order valence-corrected chi connectivity index (χ0v) is 12.8. The fourth-order valence-corrected chi connectivity index (χ4v) is 1.64. The van der Waals surface area contributed by atoms with Crippen LogP contribution in [0.15, 0.2) is 4.52 Å². The first-order chi connectivity index (χ1) is 9.32. The molecule has 1 amide bonds. The van der Waals surface area contributed by atoms with Gasteiger partial charge in [-0.05, 0) is 6.42 Å². The fourth-order valence-electron chi connectivity index (χ4n) is 1.64. The molecule has 1 heterocycles. The van der Waals surface area contributed by atoms with E-state index < -0.39 is 6.10 Å². The Bertz CT molecular complexity index is 424. The third-order valence-electron chi connectivity index (χ3n) is 2.86. The smallest absolute Gasteiger partial charge is 0.227 e. The van der Waals surface area contributed by atoms with E-state index in [1.807, 2.05) is 27.7 Å². The molecule has 1 aromatic rings. The molecule has 0 aliphatic rings. The van der Waals surface area contributed by atoms with Crippen molar-refractivity contribution < 1.29 is 14.4 Å². The Balaban J connectivity index is 2.32. The van der Waals surface area contributed by atoms with Crippen molar-refractivity contribution in [1.29, 1.82) is 0 Å². The van der Waals surface area contributed by atoms with Crippen molar-refractivity contribution in [2.75, 3.05) is 6.54 Å². The van der Waals surface area contributed by atoms with Gasteiger partial charge in [0.2, 0.25) is 11.8 Å². The number of aliphatic hydroxyl groups excluding tert-OH is 1. The number of aliphatic hydroxyl groups is 1. The van der Waals surface area contributed by atoms with Crippen LogP contribution in [0.3, 0.4) is 0 Å². The minimum absolute atomic E-state index is 0.115. The summed E-state index contributed by atoms with van der Waals surface area (Å²) in [6, 6.07) is 0. The predicted molar refractivity (Wildman–Crippen MR) is 75.2 cm³/mol. The lowest BCUT2D eigenvalue weighted by Gasteiger charge is -2.11. The number of nitrogens with one attached hydrogen (secondary N) is 1. The number of carbonyl (C=O) groups is 1. The van der Waals surface area contributed by atoms with Crippen LogP contribution in [-0.2, 0) is 16.6 Å². The Kier molecular flexibility index (Phi) is 6.13. The molecule has 6 nitrogen and oxygen atoms in total. The second kappa shape index (κ2) is 7.38. The molecule has 0 aliphatic carbocycles. The van der Waals surface area contributed by atoms with E-state index in [0.29, 0.717) is 31.1 Å². The van der Waals surface area contributed by atoms with E-state index in [-0.39, 0.29) is 17.7 Å². The maximum atomic E-state index is 11.6. The first-order valence-corrected chi connectivity index (χ1v) is 7.10. The van der Waals surface area contributed by atoms with E-state index in [1.54, 1.807) is 0 Å². The molecule has 0 radical (unpaired) electrons. The van der Waals surface area contributed by atoms with Gasteiger partial charge in [0, 0.05) is 24.8 Å². The standard InChI is InChI=1S/C14H25N3O3/c1-5-6-10(18)9-15-11(19)7-8-12-16-13(17-20-12)14(2,3)4/h10,18H,5-9H2,1-4H3,(H,15,19). The molecule has 6 heteroatoms. The normalized spacial score (nSPS) is 13.2. The molecule has 114 valence electrons. The van der Waals surface area contributed by atoms with E-state index in [9.17, 15) is 9.90 Å². The lowest BCUT2D eigenvalue weighted by atomic mass is 9.96. The molecule has 20 heavy (non-hydrogen) atoms. The van der Waals surface area contributed by atoms with Gasteiger partial charge in [-0.1, -0.05) is 39.3 Å². The highest BCUT2D eigenvalue weighted by molar-refractivity contribution is 5.76. The predicted octanol–water partition coefficient (Wildman–Crippen LogP) is 1.58. The van der Waals surface area contributed by atoms with Gasteiger partial charge in [-0.15, -0.1) is 0 Å². The zero-order chi connectivity index (χ0) is 15.2. The molecule has 0 saturated carbocycles. The topological polar surface area (TPSA) is 88.2 Å². The van der Waals surface area contributed by atoms with Crippen LogP contribution in [0.1, 0.15) is 58.7 Å². The van der Waals surface area contributed by atoms with E-state index in [2.05, 4.69) is 15.5 Å². The Morgan fingerprint density at radius 3 is 2.70 bits per heavy atom. The fraction of sp³-hybridized carbons (Fsp3) is 0.786. The third-order valence-corrected chi connectivity index (χ3v) is 2.86. The molecule has 2 N–H and O–H groups in total. The highest BCUT2D eigenvalue weighted by Gasteiger charge is 2.21. The van der Waals surface area contributed by atoms with Gasteiger partial charge in [0.15, 0.2) is 5.82 Å². The first kappa shape index (κ1) is 16.6. The minimum atomic E-state index is -0.472. The maximum Gasteiger partial charge on any atom is 0.227 e. The summed E-state index contributed by atoms with van der Waals surface area (Å²) in [7, 11) is 0. The van der Waals surface area contributed by atoms with Gasteiger partial charge in [-0.3, -0.25) is 4.79 Å². The number of amides is 1. The van der Waals surface area contributed by atoms with Gasteiger partial charge in [-0.25, -0.2) is 0 Å². The number of rotatable bonds is 7. The molecular formula is C14H25N3O3.